The van der Waals surface area contributed by atoms with E-state index in [2.05, 4.69) is 40.3 Å². The molecule has 0 unspecified atom stereocenters. The van der Waals surface area contributed by atoms with Crippen molar-refractivity contribution in [2.75, 3.05) is 51.3 Å². The molecule has 5 rings (SSSR count). The normalized spacial score (nSPS) is 16.6. The van der Waals surface area contributed by atoms with E-state index in [0.29, 0.717) is 11.7 Å². The predicted molar refractivity (Wildman–Crippen MR) is 162 cm³/mol. The van der Waals surface area contributed by atoms with Gasteiger partial charge < -0.3 is 16.0 Å². The number of benzene rings is 1. The Morgan fingerprint density at radius 1 is 1.10 bits per heavy atom. The van der Waals surface area contributed by atoms with Crippen molar-refractivity contribution in [3.05, 3.63) is 87.5 Å². The van der Waals surface area contributed by atoms with Gasteiger partial charge in [0.15, 0.2) is 0 Å². The zero-order valence-corrected chi connectivity index (χ0v) is 23.8. The first kappa shape index (κ1) is 27.6. The van der Waals surface area contributed by atoms with Gasteiger partial charge in [-0.1, -0.05) is 17.7 Å². The van der Waals surface area contributed by atoms with Gasteiger partial charge in [-0.25, -0.2) is 4.98 Å². The number of nitrogens with two attached hydrogens (primary N) is 1. The Bertz CT molecular complexity index is 1430. The maximum absolute atomic E-state index is 13.0. The second kappa shape index (κ2) is 12.1. The Kier molecular flexibility index (Phi) is 8.35. The number of nitrogens with one attached hydrogen (secondary N) is 1. The lowest BCUT2D eigenvalue weighted by atomic mass is 9.88. The fourth-order valence-corrected chi connectivity index (χ4v) is 5.43. The molecule has 1 amide bonds. The second-order valence-electron chi connectivity index (χ2n) is 11.4. The molecular formula is C32H40N6O2. The van der Waals surface area contributed by atoms with Crippen LogP contribution in [-0.2, 0) is 0 Å². The van der Waals surface area contributed by atoms with Gasteiger partial charge in [0.25, 0.3) is 11.5 Å². The highest BCUT2D eigenvalue weighted by atomic mass is 16.2. The number of carbonyl (C=O) groups is 1. The monoisotopic (exact) mass is 540 g/mol. The molecule has 0 spiro atoms. The number of nitrogen functional groups attached to an aromatic ring is 1. The fourth-order valence-electron chi connectivity index (χ4n) is 5.43. The minimum Gasteiger partial charge on any atom is -0.385 e. The number of nitrogens with zero attached hydrogens (tertiary/aromatic N) is 4. The Labute approximate surface area is 236 Å². The van der Waals surface area contributed by atoms with Crippen molar-refractivity contribution in [3.63, 3.8) is 0 Å². The first-order chi connectivity index (χ1) is 19.3. The number of amides is 1. The highest BCUT2D eigenvalue weighted by molar-refractivity contribution is 5.93. The van der Waals surface area contributed by atoms with E-state index in [4.69, 9.17) is 5.73 Å². The number of pyridine rings is 2. The SMILES string of the molecule is C/C(=C\c1c(-n2ccc(NCC3CC3)cc2=O)ccnc1N)CN1CCC(c2ccc(C(=O)N(C)C)cc2)CC1. The van der Waals surface area contributed by atoms with E-state index in [1.54, 1.807) is 35.8 Å². The summed E-state index contributed by atoms with van der Waals surface area (Å²) in [6, 6.07) is 13.5. The van der Waals surface area contributed by atoms with E-state index in [1.165, 1.54) is 24.0 Å². The number of anilines is 2. The van der Waals surface area contributed by atoms with Gasteiger partial charge in [-0.3, -0.25) is 19.1 Å². The van der Waals surface area contributed by atoms with Crippen molar-refractivity contribution in [3.8, 4) is 5.69 Å². The number of hydrogen-bond donors (Lipinski definition) is 2. The zero-order chi connectivity index (χ0) is 28.2. The molecule has 3 heterocycles. The average Bonchev–Trinajstić information content (AvgIpc) is 3.78. The third kappa shape index (κ3) is 6.62. The number of hydrogen-bond acceptors (Lipinski definition) is 6. The number of aromatic nitrogens is 2. The summed E-state index contributed by atoms with van der Waals surface area (Å²) in [4.78, 5) is 33.6. The van der Waals surface area contributed by atoms with Crippen LogP contribution in [0, 0.1) is 5.92 Å². The number of carbonyl (C=O) groups excluding carboxylic acids is 1. The zero-order valence-electron chi connectivity index (χ0n) is 23.8. The van der Waals surface area contributed by atoms with Gasteiger partial charge >= 0.3 is 0 Å². The third-order valence-electron chi connectivity index (χ3n) is 7.96. The molecule has 3 N–H and O–H groups in total. The smallest absolute Gasteiger partial charge is 0.257 e. The van der Waals surface area contributed by atoms with Crippen molar-refractivity contribution < 1.29 is 4.79 Å². The summed E-state index contributed by atoms with van der Waals surface area (Å²) in [7, 11) is 3.55. The van der Waals surface area contributed by atoms with Gasteiger partial charge in [-0.05, 0) is 93.4 Å². The van der Waals surface area contributed by atoms with Crippen LogP contribution < -0.4 is 16.6 Å². The van der Waals surface area contributed by atoms with Crippen LogP contribution in [0.5, 0.6) is 0 Å². The Hall–Kier alpha value is -3.91. The van der Waals surface area contributed by atoms with Crippen LogP contribution >= 0.6 is 0 Å². The van der Waals surface area contributed by atoms with Gasteiger partial charge in [-0.2, -0.15) is 0 Å². The molecule has 3 aromatic rings. The Balaban J connectivity index is 1.23. The van der Waals surface area contributed by atoms with Gasteiger partial charge in [-0.15, -0.1) is 0 Å². The van der Waals surface area contributed by atoms with Crippen LogP contribution in [0.25, 0.3) is 11.8 Å². The number of rotatable bonds is 9. The summed E-state index contributed by atoms with van der Waals surface area (Å²) in [5.74, 6) is 1.68. The minimum absolute atomic E-state index is 0.0313. The summed E-state index contributed by atoms with van der Waals surface area (Å²) in [6.45, 7) is 5.85. The van der Waals surface area contributed by atoms with Gasteiger partial charge in [0.1, 0.15) is 5.82 Å². The molecule has 2 aromatic heterocycles. The third-order valence-corrected chi connectivity index (χ3v) is 7.96. The summed E-state index contributed by atoms with van der Waals surface area (Å²) in [5, 5.41) is 3.37. The molecule has 40 heavy (non-hydrogen) atoms. The van der Waals surface area contributed by atoms with Gasteiger partial charge in [0.2, 0.25) is 0 Å². The first-order valence-corrected chi connectivity index (χ1v) is 14.2. The number of likely N-dealkylation sites (tertiary alicyclic amines) is 1. The lowest BCUT2D eigenvalue weighted by Gasteiger charge is -2.32. The minimum atomic E-state index is -0.0973. The van der Waals surface area contributed by atoms with Crippen molar-refractivity contribution >= 4 is 23.5 Å². The molecule has 0 radical (unpaired) electrons. The summed E-state index contributed by atoms with van der Waals surface area (Å²) >= 11 is 0. The summed E-state index contributed by atoms with van der Waals surface area (Å²) in [6.07, 6.45) is 10.2. The molecule has 1 saturated carbocycles. The van der Waals surface area contributed by atoms with Crippen LogP contribution in [0.3, 0.4) is 0 Å². The van der Waals surface area contributed by atoms with Crippen LogP contribution in [0.2, 0.25) is 0 Å². The Morgan fingerprint density at radius 2 is 1.82 bits per heavy atom. The largest absolute Gasteiger partial charge is 0.385 e. The van der Waals surface area contributed by atoms with E-state index in [9.17, 15) is 9.59 Å². The molecular weight excluding hydrogens is 500 g/mol. The first-order valence-electron chi connectivity index (χ1n) is 14.2. The predicted octanol–water partition coefficient (Wildman–Crippen LogP) is 4.62. The maximum atomic E-state index is 13.0. The lowest BCUT2D eigenvalue weighted by Crippen LogP contribution is -2.34. The molecule has 1 aliphatic carbocycles. The topological polar surface area (TPSA) is 96.5 Å². The second-order valence-corrected chi connectivity index (χ2v) is 11.4. The van der Waals surface area contributed by atoms with E-state index >= 15 is 0 Å². The molecule has 210 valence electrons. The average molecular weight is 541 g/mol. The van der Waals surface area contributed by atoms with Crippen molar-refractivity contribution in [1.29, 1.82) is 0 Å². The molecule has 8 nitrogen and oxygen atoms in total. The van der Waals surface area contributed by atoms with E-state index in [-0.39, 0.29) is 11.5 Å². The maximum Gasteiger partial charge on any atom is 0.257 e. The molecule has 1 aromatic carbocycles. The molecule has 1 aliphatic heterocycles. The van der Waals surface area contributed by atoms with Crippen LogP contribution in [0.4, 0.5) is 11.5 Å². The van der Waals surface area contributed by atoms with Crippen molar-refractivity contribution in [2.24, 2.45) is 5.92 Å². The van der Waals surface area contributed by atoms with E-state index in [1.807, 2.05) is 30.5 Å². The standard InChI is InChI=1S/C32H40N6O2/c1-22(21-37-15-11-25(12-16-37)24-6-8-26(9-7-24)32(40)36(2)3)18-28-29(10-14-34-31(28)33)38-17-13-27(19-30(38)39)35-20-23-4-5-23/h6-10,13-14,17-19,23,25,35H,4-5,11-12,15-16,20-21H2,1-3H3,(H2,33,34)/b22-18+. The fraction of sp³-hybridized carbons (Fsp3) is 0.406. The van der Waals surface area contributed by atoms with Crippen molar-refractivity contribution in [2.45, 2.75) is 38.5 Å². The summed E-state index contributed by atoms with van der Waals surface area (Å²) < 4.78 is 1.64. The molecule has 8 heteroatoms. The lowest BCUT2D eigenvalue weighted by molar-refractivity contribution is 0.0827. The van der Waals surface area contributed by atoms with E-state index in [0.717, 1.165) is 67.4 Å². The quantitative estimate of drug-likeness (QED) is 0.411. The molecule has 2 aliphatic rings. The van der Waals surface area contributed by atoms with Crippen LogP contribution in [0.1, 0.15) is 60.0 Å². The van der Waals surface area contributed by atoms with Crippen LogP contribution in [0.15, 0.2) is 65.2 Å². The molecule has 0 bridgehead atoms. The highest BCUT2D eigenvalue weighted by Crippen LogP contribution is 2.30. The molecule has 1 saturated heterocycles. The number of piperidine rings is 1. The van der Waals surface area contributed by atoms with Crippen LogP contribution in [-0.4, -0.2) is 65.5 Å². The Morgan fingerprint density at radius 3 is 2.48 bits per heavy atom. The van der Waals surface area contributed by atoms with Crippen molar-refractivity contribution in [1.82, 2.24) is 19.4 Å². The van der Waals surface area contributed by atoms with E-state index < -0.39 is 0 Å². The summed E-state index contributed by atoms with van der Waals surface area (Å²) in [5.41, 5.74) is 11.8. The molecule has 0 atom stereocenters. The highest BCUT2D eigenvalue weighted by Gasteiger charge is 2.22. The molecule has 2 fully saturated rings. The van der Waals surface area contributed by atoms with Gasteiger partial charge in [0, 0.05) is 62.5 Å². The van der Waals surface area contributed by atoms with Gasteiger partial charge in [0.05, 0.1) is 5.69 Å².